The summed E-state index contributed by atoms with van der Waals surface area (Å²) in [5, 5.41) is 13.1. The Morgan fingerprint density at radius 2 is 1.91 bits per heavy atom. The number of nitriles is 1. The van der Waals surface area contributed by atoms with Crippen molar-refractivity contribution in [3.8, 4) is 17.3 Å². The van der Waals surface area contributed by atoms with Gasteiger partial charge < -0.3 is 15.0 Å². The predicted octanol–water partition coefficient (Wildman–Crippen LogP) is 4.72. The van der Waals surface area contributed by atoms with E-state index in [4.69, 9.17) is 4.74 Å². The van der Waals surface area contributed by atoms with E-state index in [1.807, 2.05) is 6.07 Å². The minimum atomic E-state index is -4.56. The minimum Gasteiger partial charge on any atom is -0.469 e. The largest absolute Gasteiger partial charge is 0.469 e. The molecule has 3 saturated carbocycles. The Kier molecular flexibility index (Phi) is 6.60. The number of nitrogens with zero attached hydrogens (tertiary/aromatic N) is 4. The molecule has 3 aromatic heterocycles. The molecular weight excluding hydrogens is 485 g/mol. The van der Waals surface area contributed by atoms with Gasteiger partial charge in [0.1, 0.15) is 11.7 Å². The Morgan fingerprint density at radius 1 is 1.20 bits per heavy atom. The van der Waals surface area contributed by atoms with Crippen molar-refractivity contribution in [2.24, 2.45) is 17.8 Å². The molecule has 2 bridgehead atoms. The van der Waals surface area contributed by atoms with Crippen molar-refractivity contribution in [2.45, 2.75) is 37.9 Å². The van der Waals surface area contributed by atoms with E-state index in [1.165, 1.54) is 19.5 Å². The summed E-state index contributed by atoms with van der Waals surface area (Å²) in [7, 11) is 1.37. The smallest absolute Gasteiger partial charge is 0.417 e. The Balaban J connectivity index is 0.00000289. The third kappa shape index (κ3) is 4.38. The summed E-state index contributed by atoms with van der Waals surface area (Å²) in [6.45, 7) is 0. The van der Waals surface area contributed by atoms with Crippen LogP contribution in [0.4, 0.5) is 19.1 Å². The van der Waals surface area contributed by atoms with Crippen LogP contribution < -0.4 is 5.32 Å². The molecule has 184 valence electrons. The number of fused-ring (bicyclic) bond motifs is 4. The number of esters is 1. The van der Waals surface area contributed by atoms with Gasteiger partial charge in [-0.05, 0) is 43.6 Å². The van der Waals surface area contributed by atoms with E-state index in [0.717, 1.165) is 37.9 Å². The summed E-state index contributed by atoms with van der Waals surface area (Å²) in [5.74, 6) is 0.0708. The molecule has 0 radical (unpaired) electrons. The van der Waals surface area contributed by atoms with E-state index in [1.54, 1.807) is 0 Å². The zero-order chi connectivity index (χ0) is 24.0. The SMILES string of the molecule is COC(=O)C1C2CCC(CC2)C1Nc1ncc(C#N)c(-c2c[nH]c3ncc(C(F)(F)F)cc23)n1.Cl. The number of alkyl halides is 3. The number of carbonyl (C=O) groups excluding carboxylic acids is 1. The number of halogens is 4. The Hall–Kier alpha value is -3.39. The monoisotopic (exact) mass is 506 g/mol. The molecule has 12 heteroatoms. The molecule has 3 aliphatic carbocycles. The van der Waals surface area contributed by atoms with Crippen LogP contribution in [0.2, 0.25) is 0 Å². The van der Waals surface area contributed by atoms with Crippen LogP contribution in [0.1, 0.15) is 36.8 Å². The summed E-state index contributed by atoms with van der Waals surface area (Å²) in [4.78, 5) is 28.0. The number of H-pyrrole nitrogens is 1. The number of carbonyl (C=O) groups is 1. The molecule has 2 unspecified atom stereocenters. The molecule has 3 heterocycles. The summed E-state index contributed by atoms with van der Waals surface area (Å²) in [5.41, 5.74) is -0.0481. The predicted molar refractivity (Wildman–Crippen MR) is 122 cm³/mol. The Bertz CT molecular complexity index is 1300. The van der Waals surface area contributed by atoms with Crippen molar-refractivity contribution >= 4 is 35.4 Å². The number of methoxy groups -OCH3 is 1. The summed E-state index contributed by atoms with van der Waals surface area (Å²) in [6.07, 6.45) is 2.89. The maximum atomic E-state index is 13.3. The second-order valence-electron chi connectivity index (χ2n) is 8.78. The van der Waals surface area contributed by atoms with Gasteiger partial charge in [-0.25, -0.2) is 15.0 Å². The van der Waals surface area contributed by atoms with Gasteiger partial charge in [-0.3, -0.25) is 4.79 Å². The van der Waals surface area contributed by atoms with E-state index in [0.29, 0.717) is 5.56 Å². The first-order valence-corrected chi connectivity index (χ1v) is 11.0. The number of nitrogens with one attached hydrogen (secondary N) is 2. The van der Waals surface area contributed by atoms with Crippen LogP contribution in [0.3, 0.4) is 0 Å². The van der Waals surface area contributed by atoms with Gasteiger partial charge in [0.15, 0.2) is 0 Å². The quantitative estimate of drug-likeness (QED) is 0.492. The highest BCUT2D eigenvalue weighted by molar-refractivity contribution is 5.94. The second kappa shape index (κ2) is 9.34. The lowest BCUT2D eigenvalue weighted by molar-refractivity contribution is -0.152. The van der Waals surface area contributed by atoms with Gasteiger partial charge in [-0.2, -0.15) is 18.4 Å². The zero-order valence-electron chi connectivity index (χ0n) is 18.6. The fourth-order valence-corrected chi connectivity index (χ4v) is 5.37. The van der Waals surface area contributed by atoms with E-state index >= 15 is 0 Å². The van der Waals surface area contributed by atoms with Crippen molar-refractivity contribution < 1.29 is 22.7 Å². The zero-order valence-corrected chi connectivity index (χ0v) is 19.4. The van der Waals surface area contributed by atoms with Gasteiger partial charge >= 0.3 is 12.1 Å². The van der Waals surface area contributed by atoms with Crippen molar-refractivity contribution in [1.82, 2.24) is 19.9 Å². The minimum absolute atomic E-state index is 0. The molecule has 0 saturated heterocycles. The van der Waals surface area contributed by atoms with E-state index in [2.05, 4.69) is 25.3 Å². The normalized spacial score (nSPS) is 23.4. The van der Waals surface area contributed by atoms with Crippen LogP contribution >= 0.6 is 12.4 Å². The number of hydrogen-bond acceptors (Lipinski definition) is 7. The van der Waals surface area contributed by atoms with Gasteiger partial charge in [0.05, 0.1) is 36.0 Å². The van der Waals surface area contributed by atoms with Crippen molar-refractivity contribution in [3.63, 3.8) is 0 Å². The van der Waals surface area contributed by atoms with Crippen molar-refractivity contribution in [1.29, 1.82) is 5.26 Å². The molecule has 2 atom stereocenters. The third-order valence-electron chi connectivity index (χ3n) is 7.01. The number of aromatic nitrogens is 4. The summed E-state index contributed by atoms with van der Waals surface area (Å²) in [6, 6.07) is 2.77. The molecule has 6 rings (SSSR count). The highest BCUT2D eigenvalue weighted by atomic mass is 35.5. The third-order valence-corrected chi connectivity index (χ3v) is 7.01. The number of anilines is 1. The number of aromatic amines is 1. The maximum absolute atomic E-state index is 13.3. The van der Waals surface area contributed by atoms with E-state index in [9.17, 15) is 23.2 Å². The molecule has 3 fully saturated rings. The Morgan fingerprint density at radius 3 is 2.57 bits per heavy atom. The van der Waals surface area contributed by atoms with Crippen LogP contribution in [0, 0.1) is 29.1 Å². The number of pyridine rings is 1. The molecule has 3 aromatic rings. The molecule has 0 aromatic carbocycles. The first-order chi connectivity index (χ1) is 16.3. The molecule has 35 heavy (non-hydrogen) atoms. The molecule has 0 amide bonds. The molecule has 3 aliphatic rings. The lowest BCUT2D eigenvalue weighted by Gasteiger charge is -2.47. The second-order valence-corrected chi connectivity index (χ2v) is 8.78. The fourth-order valence-electron chi connectivity index (χ4n) is 5.37. The van der Waals surface area contributed by atoms with Gasteiger partial charge in [-0.15, -0.1) is 12.4 Å². The highest BCUT2D eigenvalue weighted by Gasteiger charge is 2.48. The molecule has 8 nitrogen and oxygen atoms in total. The number of rotatable bonds is 4. The van der Waals surface area contributed by atoms with Gasteiger partial charge in [0.2, 0.25) is 5.95 Å². The molecular formula is C23H22ClF3N6O2. The average Bonchev–Trinajstić information content (AvgIpc) is 3.27. The van der Waals surface area contributed by atoms with Gasteiger partial charge in [0.25, 0.3) is 0 Å². The van der Waals surface area contributed by atoms with E-state index < -0.39 is 11.7 Å². The lowest BCUT2D eigenvalue weighted by Crippen LogP contribution is -2.52. The molecule has 0 spiro atoms. The van der Waals surface area contributed by atoms with E-state index in [-0.39, 0.29) is 70.4 Å². The van der Waals surface area contributed by atoms with Crippen LogP contribution in [0.25, 0.3) is 22.3 Å². The highest BCUT2D eigenvalue weighted by Crippen LogP contribution is 2.46. The Labute approximate surface area is 204 Å². The molecule has 0 aliphatic heterocycles. The van der Waals surface area contributed by atoms with Crippen molar-refractivity contribution in [2.75, 3.05) is 12.4 Å². The van der Waals surface area contributed by atoms with Crippen LogP contribution in [-0.4, -0.2) is 39.1 Å². The number of hydrogen-bond donors (Lipinski definition) is 2. The lowest BCUT2D eigenvalue weighted by atomic mass is 9.61. The molecule has 2 N–H and O–H groups in total. The first kappa shape index (κ1) is 24.7. The summed E-state index contributed by atoms with van der Waals surface area (Å²) >= 11 is 0. The summed E-state index contributed by atoms with van der Waals surface area (Å²) < 4.78 is 44.8. The topological polar surface area (TPSA) is 117 Å². The number of ether oxygens (including phenoxy) is 1. The van der Waals surface area contributed by atoms with Crippen LogP contribution in [-0.2, 0) is 15.7 Å². The van der Waals surface area contributed by atoms with Gasteiger partial charge in [0, 0.05) is 29.4 Å². The van der Waals surface area contributed by atoms with Crippen LogP contribution in [0.5, 0.6) is 0 Å². The standard InChI is InChI=1S/C23H21F3N6O2.ClH/c1-34-21(33)17-11-2-4-12(5-3-11)19(17)32-22-30-8-13(7-27)18(31-22)16-10-29-20-15(16)6-14(9-28-20)23(24,25)26;/h6,8-12,17,19H,2-5H2,1H3,(H,28,29)(H,30,31,32);1H. The maximum Gasteiger partial charge on any atom is 0.417 e. The first-order valence-electron chi connectivity index (χ1n) is 11.0. The average molecular weight is 507 g/mol. The fraction of sp³-hybridized carbons (Fsp3) is 0.435. The van der Waals surface area contributed by atoms with Crippen molar-refractivity contribution in [3.05, 3.63) is 35.8 Å². The van der Waals surface area contributed by atoms with Crippen LogP contribution in [0.15, 0.2) is 24.7 Å². The van der Waals surface area contributed by atoms with Gasteiger partial charge in [-0.1, -0.05) is 0 Å².